The molecule has 4 aliphatic rings. The normalized spacial score (nSPS) is 28.9. The summed E-state index contributed by atoms with van der Waals surface area (Å²) in [7, 11) is 0. The van der Waals surface area contributed by atoms with Crippen molar-refractivity contribution in [3.63, 3.8) is 0 Å². The molecule has 1 aromatic heterocycles. The van der Waals surface area contributed by atoms with Crippen LogP contribution in [0.25, 0.3) is 0 Å². The number of amides is 2. The van der Waals surface area contributed by atoms with Crippen molar-refractivity contribution in [3.05, 3.63) is 63.1 Å². The van der Waals surface area contributed by atoms with Crippen molar-refractivity contribution in [2.24, 2.45) is 11.8 Å². The summed E-state index contributed by atoms with van der Waals surface area (Å²) in [5, 5.41) is 12.4. The highest BCUT2D eigenvalue weighted by Gasteiger charge is 2.63. The van der Waals surface area contributed by atoms with Gasteiger partial charge in [0.15, 0.2) is 17.7 Å². The molecule has 12 heteroatoms. The Morgan fingerprint density at radius 3 is 2.66 bits per heavy atom. The number of pyridine rings is 1. The summed E-state index contributed by atoms with van der Waals surface area (Å²) in [5.74, 6) is -4.46. The van der Waals surface area contributed by atoms with E-state index >= 15 is 0 Å². The van der Waals surface area contributed by atoms with Gasteiger partial charge in [-0.05, 0) is 30.7 Å². The van der Waals surface area contributed by atoms with Crippen LogP contribution in [0.15, 0.2) is 29.2 Å². The van der Waals surface area contributed by atoms with Gasteiger partial charge in [0.2, 0.25) is 5.43 Å². The van der Waals surface area contributed by atoms with Crippen molar-refractivity contribution in [1.29, 1.82) is 0 Å². The summed E-state index contributed by atoms with van der Waals surface area (Å²) in [5.41, 5.74) is -2.90. The van der Waals surface area contributed by atoms with Gasteiger partial charge in [-0.1, -0.05) is 6.07 Å². The third kappa shape index (κ3) is 3.26. The molecule has 1 aromatic carbocycles. The molecule has 35 heavy (non-hydrogen) atoms. The zero-order valence-electron chi connectivity index (χ0n) is 18.0. The average Bonchev–Trinajstić information content (AvgIpc) is 3.55. The number of benzene rings is 1. The number of nitrogens with one attached hydrogen (secondary N) is 1. The first-order valence-electron chi connectivity index (χ1n) is 11.1. The van der Waals surface area contributed by atoms with Crippen LogP contribution in [-0.4, -0.2) is 51.2 Å². The molecule has 184 valence electrons. The number of alkyl halides is 2. The SMILES string of the molecule is O=C(N[C@@H](c1ccc(F)cc1F)C(F)F)c1cn2c(c(O)c1=O)C(=O)N1C3C[C@@H](O[C@H]1C2)[C@@H]1C[C@H]31. The smallest absolute Gasteiger partial charge is 0.276 e. The highest BCUT2D eigenvalue weighted by molar-refractivity contribution is 5.99. The zero-order chi connectivity index (χ0) is 24.8. The van der Waals surface area contributed by atoms with Crippen LogP contribution in [0.5, 0.6) is 5.75 Å². The summed E-state index contributed by atoms with van der Waals surface area (Å²) >= 11 is 0. The first-order chi connectivity index (χ1) is 16.7. The Kier molecular flexibility index (Phi) is 4.76. The quantitative estimate of drug-likeness (QED) is 0.636. The Morgan fingerprint density at radius 2 is 1.94 bits per heavy atom. The average molecular weight is 493 g/mol. The predicted molar refractivity (Wildman–Crippen MR) is 110 cm³/mol. The molecule has 1 saturated heterocycles. The van der Waals surface area contributed by atoms with Gasteiger partial charge in [-0.25, -0.2) is 17.6 Å². The predicted octanol–water partition coefficient (Wildman–Crippen LogP) is 2.16. The molecular weight excluding hydrogens is 474 g/mol. The third-order valence-corrected chi connectivity index (χ3v) is 7.46. The van der Waals surface area contributed by atoms with E-state index in [1.807, 2.05) is 5.32 Å². The fourth-order valence-corrected chi connectivity index (χ4v) is 5.78. The van der Waals surface area contributed by atoms with Crippen molar-refractivity contribution in [3.8, 4) is 5.75 Å². The monoisotopic (exact) mass is 493 g/mol. The lowest BCUT2D eigenvalue weighted by molar-refractivity contribution is -0.144. The van der Waals surface area contributed by atoms with Crippen molar-refractivity contribution in [2.45, 2.75) is 50.2 Å². The molecule has 3 heterocycles. The molecule has 8 nitrogen and oxygen atoms in total. The molecule has 0 spiro atoms. The maximum Gasteiger partial charge on any atom is 0.276 e. The highest BCUT2D eigenvalue weighted by atomic mass is 19.3. The second-order valence-corrected chi connectivity index (χ2v) is 9.38. The van der Waals surface area contributed by atoms with Crippen molar-refractivity contribution in [2.75, 3.05) is 0 Å². The number of fused-ring (bicyclic) bond motifs is 8. The summed E-state index contributed by atoms with van der Waals surface area (Å²) in [6.45, 7) is 0.0342. The molecule has 3 fully saturated rings. The number of aromatic nitrogens is 1. The number of hydrogen-bond acceptors (Lipinski definition) is 5. The summed E-state index contributed by atoms with van der Waals surface area (Å²) in [4.78, 5) is 40.4. The van der Waals surface area contributed by atoms with Gasteiger partial charge in [-0.2, -0.15) is 0 Å². The van der Waals surface area contributed by atoms with Crippen molar-refractivity contribution >= 4 is 11.8 Å². The standard InChI is InChI=1S/C23H19F4N3O5/c24-8-1-2-9(13(25)3-8)17(21(26)27)28-22(33)12-6-29-7-16-30(23(34)18(29)20(32)19(12)31)14-5-15(35-16)11-4-10(11)14/h1-3,6,10-11,14-17,21,32H,4-5,7H2,(H,28,33)/t10-,11+,14?,15+,16-,17-/m0/s1. The van der Waals surface area contributed by atoms with E-state index < -0.39 is 64.4 Å². The van der Waals surface area contributed by atoms with Crippen LogP contribution >= 0.6 is 0 Å². The van der Waals surface area contributed by atoms with E-state index in [4.69, 9.17) is 4.74 Å². The maximum atomic E-state index is 14.1. The van der Waals surface area contributed by atoms with Crippen molar-refractivity contribution < 1.29 is 37.0 Å². The van der Waals surface area contributed by atoms with Gasteiger partial charge < -0.3 is 24.6 Å². The van der Waals surface area contributed by atoms with E-state index in [0.29, 0.717) is 24.3 Å². The maximum absolute atomic E-state index is 14.1. The fraction of sp³-hybridized carbons (Fsp3) is 0.435. The van der Waals surface area contributed by atoms with Crippen LogP contribution < -0.4 is 10.7 Å². The topological polar surface area (TPSA) is 101 Å². The summed E-state index contributed by atoms with van der Waals surface area (Å²) in [6, 6.07) is -0.301. The van der Waals surface area contributed by atoms with E-state index in [1.54, 1.807) is 4.90 Å². The molecule has 2 aromatic rings. The first-order valence-corrected chi connectivity index (χ1v) is 11.1. The van der Waals surface area contributed by atoms with E-state index in [2.05, 4.69) is 0 Å². The second kappa shape index (κ2) is 7.54. The zero-order valence-corrected chi connectivity index (χ0v) is 18.0. The fourth-order valence-electron chi connectivity index (χ4n) is 5.78. The molecule has 6 rings (SSSR count). The van der Waals surface area contributed by atoms with Gasteiger partial charge >= 0.3 is 0 Å². The first kappa shape index (κ1) is 22.1. The van der Waals surface area contributed by atoms with Gasteiger partial charge in [0.05, 0.1) is 12.6 Å². The minimum atomic E-state index is -3.29. The van der Waals surface area contributed by atoms with Gasteiger partial charge in [-0.3, -0.25) is 14.4 Å². The van der Waals surface area contributed by atoms with E-state index in [1.165, 1.54) is 4.57 Å². The third-order valence-electron chi connectivity index (χ3n) is 7.46. The van der Waals surface area contributed by atoms with Crippen LogP contribution in [0.2, 0.25) is 0 Å². The van der Waals surface area contributed by atoms with Gasteiger partial charge in [0.1, 0.15) is 23.2 Å². The minimum Gasteiger partial charge on any atom is -0.503 e. The number of nitrogens with zero attached hydrogens (tertiary/aromatic N) is 2. The Bertz CT molecular complexity index is 1330. The van der Waals surface area contributed by atoms with Crippen LogP contribution in [0.4, 0.5) is 17.6 Å². The van der Waals surface area contributed by atoms with E-state index in [-0.39, 0.29) is 24.4 Å². The molecule has 2 aliphatic heterocycles. The molecule has 2 saturated carbocycles. The molecule has 6 atom stereocenters. The van der Waals surface area contributed by atoms with Gasteiger partial charge in [-0.15, -0.1) is 0 Å². The number of hydrogen-bond donors (Lipinski definition) is 2. The Hall–Kier alpha value is -3.41. The summed E-state index contributed by atoms with van der Waals surface area (Å²) < 4.78 is 61.9. The number of ether oxygens (including phenoxy) is 1. The van der Waals surface area contributed by atoms with Crippen LogP contribution in [0.1, 0.15) is 45.3 Å². The van der Waals surface area contributed by atoms with Crippen molar-refractivity contribution in [1.82, 2.24) is 14.8 Å². The largest absolute Gasteiger partial charge is 0.503 e. The van der Waals surface area contributed by atoms with Gasteiger partial charge in [0.25, 0.3) is 18.2 Å². The minimum absolute atomic E-state index is 0.0220. The number of rotatable bonds is 4. The molecule has 2 aliphatic carbocycles. The lowest BCUT2D eigenvalue weighted by atomic mass is 10.0. The lowest BCUT2D eigenvalue weighted by Gasteiger charge is -2.45. The number of aromatic hydroxyl groups is 1. The molecule has 0 radical (unpaired) electrons. The van der Waals surface area contributed by atoms with E-state index in [9.17, 15) is 37.1 Å². The number of carbonyl (C=O) groups is 2. The molecule has 1 unspecified atom stereocenters. The Labute approximate surface area is 195 Å². The molecule has 2 bridgehead atoms. The number of halogens is 4. The van der Waals surface area contributed by atoms with Crippen LogP contribution in [-0.2, 0) is 11.3 Å². The second-order valence-electron chi connectivity index (χ2n) is 9.38. The molecule has 2 N–H and O–H groups in total. The number of carbonyl (C=O) groups excluding carboxylic acids is 2. The van der Waals surface area contributed by atoms with Gasteiger partial charge in [0, 0.05) is 23.9 Å². The summed E-state index contributed by atoms with van der Waals surface area (Å²) in [6.07, 6.45) is -1.26. The molecule has 2 amide bonds. The lowest BCUT2D eigenvalue weighted by Crippen LogP contribution is -2.58. The highest BCUT2D eigenvalue weighted by Crippen LogP contribution is 2.58. The van der Waals surface area contributed by atoms with Crippen LogP contribution in [0, 0.1) is 23.5 Å². The van der Waals surface area contributed by atoms with Crippen LogP contribution in [0.3, 0.4) is 0 Å². The Morgan fingerprint density at radius 1 is 1.17 bits per heavy atom. The Balaban J connectivity index is 1.33. The van der Waals surface area contributed by atoms with E-state index in [0.717, 1.165) is 24.8 Å². The molecular formula is C23H19F4N3O5.